The van der Waals surface area contributed by atoms with Crippen molar-refractivity contribution < 1.29 is 19.3 Å². The highest BCUT2D eigenvalue weighted by atomic mass is 16.5. The van der Waals surface area contributed by atoms with Crippen molar-refractivity contribution >= 4 is 0 Å². The molecule has 1 aromatic rings. The van der Waals surface area contributed by atoms with Crippen molar-refractivity contribution in [1.29, 1.82) is 0 Å². The summed E-state index contributed by atoms with van der Waals surface area (Å²) in [4.78, 5) is 2.47. The molecular formula is C25H37NO4. The molecule has 5 heteroatoms. The zero-order chi connectivity index (χ0) is 21.1. The van der Waals surface area contributed by atoms with Gasteiger partial charge in [-0.15, -0.1) is 0 Å². The van der Waals surface area contributed by atoms with Gasteiger partial charge in [-0.25, -0.2) is 0 Å². The molecule has 3 atom stereocenters. The molecule has 4 fully saturated rings. The highest BCUT2D eigenvalue weighted by Crippen LogP contribution is 2.59. The summed E-state index contributed by atoms with van der Waals surface area (Å²) in [5, 5.41) is 10.8. The predicted octanol–water partition coefficient (Wildman–Crippen LogP) is 4.11. The minimum absolute atomic E-state index is 0.135. The molecule has 30 heavy (non-hydrogen) atoms. The number of rotatable bonds is 5. The molecule has 1 N–H and O–H groups in total. The van der Waals surface area contributed by atoms with Gasteiger partial charge < -0.3 is 19.3 Å². The van der Waals surface area contributed by atoms with E-state index in [1.54, 1.807) is 7.11 Å². The lowest BCUT2D eigenvalue weighted by Gasteiger charge is -2.47. The predicted molar refractivity (Wildman–Crippen MR) is 116 cm³/mol. The lowest BCUT2D eigenvalue weighted by atomic mass is 9.70. The van der Waals surface area contributed by atoms with Crippen molar-refractivity contribution in [2.45, 2.75) is 83.1 Å². The first kappa shape index (κ1) is 20.6. The van der Waals surface area contributed by atoms with E-state index in [2.05, 4.69) is 37.8 Å². The fourth-order valence-corrected chi connectivity index (χ4v) is 6.34. The van der Waals surface area contributed by atoms with Gasteiger partial charge in [0.15, 0.2) is 11.5 Å². The van der Waals surface area contributed by atoms with Gasteiger partial charge in [0.05, 0.1) is 31.5 Å². The standard InChI is InChI=1S/C25H37NO4/c1-24(2,3)30-23-14-26-8-6-17-9-22(29-15-25-7-5-16(12-25)13-25)21(28-4)10-18(17)19(26)11-20(23)27/h9-10,16,19-20,23,27H,5-8,11-15H2,1-4H3/t16?,19-,20-,23-,25?/m1/s1. The largest absolute Gasteiger partial charge is 0.493 e. The monoisotopic (exact) mass is 415 g/mol. The van der Waals surface area contributed by atoms with Crippen LogP contribution in [0.4, 0.5) is 0 Å². The van der Waals surface area contributed by atoms with Crippen molar-refractivity contribution in [2.24, 2.45) is 11.3 Å². The molecule has 1 aromatic carbocycles. The second-order valence-electron chi connectivity index (χ2n) is 11.1. The van der Waals surface area contributed by atoms with Crippen LogP contribution in [-0.4, -0.2) is 54.6 Å². The number of hydrogen-bond donors (Lipinski definition) is 1. The number of aliphatic hydroxyl groups excluding tert-OH is 1. The van der Waals surface area contributed by atoms with Gasteiger partial charge in [-0.1, -0.05) is 0 Å². The van der Waals surface area contributed by atoms with E-state index >= 15 is 0 Å². The van der Waals surface area contributed by atoms with Crippen molar-refractivity contribution in [3.05, 3.63) is 23.3 Å². The molecule has 0 radical (unpaired) electrons. The molecule has 2 aliphatic heterocycles. The SMILES string of the molecule is COc1cc2c(cc1OCC13CCC(C1)C3)CCN1C[C@@H](OC(C)(C)C)[C@H](O)C[C@H]21. The van der Waals surface area contributed by atoms with Crippen LogP contribution in [0.2, 0.25) is 0 Å². The molecule has 5 nitrogen and oxygen atoms in total. The second-order valence-corrected chi connectivity index (χ2v) is 11.1. The van der Waals surface area contributed by atoms with E-state index in [0.29, 0.717) is 11.8 Å². The third-order valence-corrected chi connectivity index (χ3v) is 7.77. The van der Waals surface area contributed by atoms with Crippen molar-refractivity contribution in [2.75, 3.05) is 26.8 Å². The second kappa shape index (κ2) is 7.39. The Morgan fingerprint density at radius 1 is 1.20 bits per heavy atom. The van der Waals surface area contributed by atoms with E-state index in [1.807, 2.05) is 0 Å². The van der Waals surface area contributed by atoms with Crippen LogP contribution >= 0.6 is 0 Å². The summed E-state index contributed by atoms with van der Waals surface area (Å²) in [5.41, 5.74) is 2.80. The lowest BCUT2D eigenvalue weighted by molar-refractivity contribution is -0.149. The first-order valence-corrected chi connectivity index (χ1v) is 11.7. The molecular weight excluding hydrogens is 378 g/mol. The number of nitrogens with zero attached hydrogens (tertiary/aromatic N) is 1. The first-order chi connectivity index (χ1) is 14.3. The van der Waals surface area contributed by atoms with Crippen molar-refractivity contribution in [3.63, 3.8) is 0 Å². The van der Waals surface area contributed by atoms with E-state index in [9.17, 15) is 5.11 Å². The average Bonchev–Trinajstić information content (AvgIpc) is 3.26. The van der Waals surface area contributed by atoms with Gasteiger partial charge in [-0.3, -0.25) is 4.90 Å². The minimum atomic E-state index is -0.452. The number of piperidine rings is 1. The Morgan fingerprint density at radius 2 is 2.00 bits per heavy atom. The Bertz CT molecular complexity index is 790. The maximum atomic E-state index is 10.8. The normalized spacial score (nSPS) is 35.4. The number of fused-ring (bicyclic) bond motifs is 4. The Hall–Kier alpha value is -1.30. The summed E-state index contributed by atoms with van der Waals surface area (Å²) < 4.78 is 18.2. The number of aliphatic hydroxyl groups is 1. The molecule has 1 saturated heterocycles. The minimum Gasteiger partial charge on any atom is -0.493 e. The zero-order valence-corrected chi connectivity index (χ0v) is 18.9. The molecule has 2 bridgehead atoms. The number of benzene rings is 1. The molecule has 3 aliphatic carbocycles. The Balaban J connectivity index is 1.33. The molecule has 2 heterocycles. The number of methoxy groups -OCH3 is 1. The molecule has 0 amide bonds. The van der Waals surface area contributed by atoms with Crippen LogP contribution in [0.25, 0.3) is 0 Å². The summed E-state index contributed by atoms with van der Waals surface area (Å²) in [6.45, 7) is 8.74. The number of ether oxygens (including phenoxy) is 3. The number of hydrogen-bond acceptors (Lipinski definition) is 5. The third kappa shape index (κ3) is 3.74. The van der Waals surface area contributed by atoms with E-state index in [1.165, 1.54) is 36.8 Å². The van der Waals surface area contributed by atoms with Crippen molar-refractivity contribution in [1.82, 2.24) is 4.90 Å². The fraction of sp³-hybridized carbons (Fsp3) is 0.760. The van der Waals surface area contributed by atoms with Gasteiger partial charge in [0.25, 0.3) is 0 Å². The molecule has 0 aromatic heterocycles. The average molecular weight is 416 g/mol. The lowest BCUT2D eigenvalue weighted by Crippen LogP contribution is -2.53. The van der Waals surface area contributed by atoms with Crippen LogP contribution in [0.15, 0.2) is 12.1 Å². The highest BCUT2D eigenvalue weighted by Gasteiger charge is 2.50. The Labute approximate surface area is 180 Å². The van der Waals surface area contributed by atoms with Gasteiger partial charge in [0, 0.05) is 24.5 Å². The maximum Gasteiger partial charge on any atom is 0.161 e. The zero-order valence-electron chi connectivity index (χ0n) is 18.9. The fourth-order valence-electron chi connectivity index (χ4n) is 6.34. The highest BCUT2D eigenvalue weighted by molar-refractivity contribution is 5.50. The summed E-state index contributed by atoms with van der Waals surface area (Å²) in [5.74, 6) is 2.66. The Morgan fingerprint density at radius 3 is 2.67 bits per heavy atom. The topological polar surface area (TPSA) is 51.2 Å². The van der Waals surface area contributed by atoms with Crippen LogP contribution in [-0.2, 0) is 11.2 Å². The van der Waals surface area contributed by atoms with Gasteiger partial charge in [0.1, 0.15) is 0 Å². The van der Waals surface area contributed by atoms with Crippen LogP contribution in [0.1, 0.15) is 70.0 Å². The van der Waals surface area contributed by atoms with Crippen LogP contribution in [0.5, 0.6) is 11.5 Å². The summed E-state index contributed by atoms with van der Waals surface area (Å²) >= 11 is 0. The summed E-state index contributed by atoms with van der Waals surface area (Å²) in [6, 6.07) is 4.58. The third-order valence-electron chi connectivity index (χ3n) is 7.77. The van der Waals surface area contributed by atoms with Crippen LogP contribution in [0.3, 0.4) is 0 Å². The molecule has 3 saturated carbocycles. The van der Waals surface area contributed by atoms with Gasteiger partial charge in [0.2, 0.25) is 0 Å². The van der Waals surface area contributed by atoms with Gasteiger partial charge in [-0.05, 0) is 88.5 Å². The molecule has 0 unspecified atom stereocenters. The molecule has 166 valence electrons. The molecule has 6 rings (SSSR count). The van der Waals surface area contributed by atoms with E-state index < -0.39 is 6.10 Å². The quantitative estimate of drug-likeness (QED) is 0.784. The van der Waals surface area contributed by atoms with Gasteiger partial charge in [-0.2, -0.15) is 0 Å². The maximum absolute atomic E-state index is 10.8. The Kier molecular flexibility index (Phi) is 5.07. The van der Waals surface area contributed by atoms with E-state index in [-0.39, 0.29) is 17.7 Å². The van der Waals surface area contributed by atoms with Gasteiger partial charge >= 0.3 is 0 Å². The van der Waals surface area contributed by atoms with E-state index in [0.717, 1.165) is 43.5 Å². The summed E-state index contributed by atoms with van der Waals surface area (Å²) in [7, 11) is 1.73. The first-order valence-electron chi connectivity index (χ1n) is 11.7. The van der Waals surface area contributed by atoms with Crippen molar-refractivity contribution in [3.8, 4) is 11.5 Å². The van der Waals surface area contributed by atoms with Crippen LogP contribution < -0.4 is 9.47 Å². The molecule has 0 spiro atoms. The van der Waals surface area contributed by atoms with E-state index in [4.69, 9.17) is 14.2 Å². The molecule has 5 aliphatic rings. The van der Waals surface area contributed by atoms with Crippen LogP contribution in [0, 0.1) is 11.3 Å². The summed E-state index contributed by atoms with van der Waals surface area (Å²) in [6.07, 6.45) is 6.48. The smallest absolute Gasteiger partial charge is 0.161 e.